The van der Waals surface area contributed by atoms with E-state index in [1.165, 1.54) is 23.5 Å². The zero-order chi connectivity index (χ0) is 20.4. The maximum absolute atomic E-state index is 14.1. The van der Waals surface area contributed by atoms with Crippen molar-refractivity contribution in [2.75, 3.05) is 38.9 Å². The number of aromatic nitrogens is 1. The maximum Gasteiger partial charge on any atom is 0.252 e. The van der Waals surface area contributed by atoms with E-state index in [1.807, 2.05) is 37.2 Å². The van der Waals surface area contributed by atoms with Crippen molar-refractivity contribution in [1.29, 1.82) is 0 Å². The summed E-state index contributed by atoms with van der Waals surface area (Å²) < 4.78 is 25.4. The van der Waals surface area contributed by atoms with E-state index in [-0.39, 0.29) is 36.4 Å². The first kappa shape index (κ1) is 22.0. The number of carbonyl (C=O) groups is 1. The zero-order valence-electron chi connectivity index (χ0n) is 16.5. The van der Waals surface area contributed by atoms with Gasteiger partial charge in [0.15, 0.2) is 16.6 Å². The molecule has 4 rings (SSSR count). The van der Waals surface area contributed by atoms with Gasteiger partial charge in [0.05, 0.1) is 4.70 Å². The van der Waals surface area contributed by atoms with Crippen LogP contribution in [0, 0.1) is 5.82 Å². The first-order valence-corrected chi connectivity index (χ1v) is 9.92. The highest BCUT2D eigenvalue weighted by molar-refractivity contribution is 7.22. The lowest BCUT2D eigenvalue weighted by Crippen LogP contribution is -2.35. The Hall–Kier alpha value is -2.68. The Kier molecular flexibility index (Phi) is 6.91. The fourth-order valence-electron chi connectivity index (χ4n) is 2.89. The molecule has 0 bridgehead atoms. The van der Waals surface area contributed by atoms with Crippen molar-refractivity contribution < 1.29 is 18.7 Å². The summed E-state index contributed by atoms with van der Waals surface area (Å²) in [6.07, 6.45) is 3.22. The van der Waals surface area contributed by atoms with Gasteiger partial charge in [0.2, 0.25) is 6.79 Å². The molecular formula is C21H21ClFN3O3S. The summed E-state index contributed by atoms with van der Waals surface area (Å²) >= 11 is 1.30. The number of rotatable bonds is 6. The van der Waals surface area contributed by atoms with Crippen LogP contribution in [0.5, 0.6) is 11.5 Å². The summed E-state index contributed by atoms with van der Waals surface area (Å²) in [5, 5.41) is 0.479. The van der Waals surface area contributed by atoms with Gasteiger partial charge in [0, 0.05) is 19.2 Å². The van der Waals surface area contributed by atoms with Crippen molar-refractivity contribution in [1.82, 2.24) is 9.88 Å². The van der Waals surface area contributed by atoms with Gasteiger partial charge < -0.3 is 14.4 Å². The Balaban J connectivity index is 0.00000256. The number of benzene rings is 2. The number of para-hydroxylation sites is 1. The Morgan fingerprint density at radius 3 is 2.77 bits per heavy atom. The number of likely N-dealkylation sites (N-methyl/N-ethyl adjacent to an activating group) is 1. The van der Waals surface area contributed by atoms with Crippen LogP contribution in [0.25, 0.3) is 16.3 Å². The van der Waals surface area contributed by atoms with Gasteiger partial charge in [0.1, 0.15) is 11.3 Å². The van der Waals surface area contributed by atoms with E-state index in [0.717, 1.165) is 5.56 Å². The smallest absolute Gasteiger partial charge is 0.252 e. The molecule has 0 spiro atoms. The van der Waals surface area contributed by atoms with Gasteiger partial charge in [0.25, 0.3) is 5.91 Å². The molecule has 1 aliphatic heterocycles. The van der Waals surface area contributed by atoms with Gasteiger partial charge in [-0.05, 0) is 50.0 Å². The molecule has 0 radical (unpaired) electrons. The Labute approximate surface area is 183 Å². The first-order valence-electron chi connectivity index (χ1n) is 9.10. The minimum atomic E-state index is -0.388. The van der Waals surface area contributed by atoms with Crippen molar-refractivity contribution in [3.63, 3.8) is 0 Å². The quantitative estimate of drug-likeness (QED) is 0.528. The lowest BCUT2D eigenvalue weighted by atomic mass is 10.2. The summed E-state index contributed by atoms with van der Waals surface area (Å²) in [7, 11) is 3.87. The van der Waals surface area contributed by atoms with Gasteiger partial charge in [-0.1, -0.05) is 23.5 Å². The van der Waals surface area contributed by atoms with Crippen LogP contribution < -0.4 is 14.4 Å². The molecule has 0 saturated heterocycles. The van der Waals surface area contributed by atoms with Gasteiger partial charge in [-0.25, -0.2) is 9.37 Å². The second-order valence-corrected chi connectivity index (χ2v) is 7.83. The van der Waals surface area contributed by atoms with Crippen molar-refractivity contribution >= 4 is 51.1 Å². The molecule has 30 heavy (non-hydrogen) atoms. The molecule has 1 amide bonds. The topological polar surface area (TPSA) is 54.9 Å². The fourth-order valence-corrected chi connectivity index (χ4v) is 3.90. The monoisotopic (exact) mass is 449 g/mol. The average molecular weight is 450 g/mol. The molecule has 0 unspecified atom stereocenters. The normalized spacial score (nSPS) is 12.5. The van der Waals surface area contributed by atoms with E-state index < -0.39 is 0 Å². The molecule has 6 nitrogen and oxygen atoms in total. The number of halogens is 2. The summed E-state index contributed by atoms with van der Waals surface area (Å²) in [4.78, 5) is 20.9. The molecular weight excluding hydrogens is 429 g/mol. The molecule has 158 valence electrons. The number of carbonyl (C=O) groups excluding carboxylic acids is 1. The van der Waals surface area contributed by atoms with Crippen molar-refractivity contribution in [3.8, 4) is 11.5 Å². The van der Waals surface area contributed by atoms with Crippen LogP contribution in [0.15, 0.2) is 42.5 Å². The van der Waals surface area contributed by atoms with Crippen molar-refractivity contribution in [2.24, 2.45) is 0 Å². The third-order valence-electron chi connectivity index (χ3n) is 4.44. The Morgan fingerprint density at radius 1 is 1.20 bits per heavy atom. The van der Waals surface area contributed by atoms with Gasteiger partial charge in [-0.3, -0.25) is 9.69 Å². The third kappa shape index (κ3) is 4.72. The van der Waals surface area contributed by atoms with Crippen molar-refractivity contribution in [3.05, 3.63) is 53.9 Å². The minimum absolute atomic E-state index is 0. The van der Waals surface area contributed by atoms with Crippen LogP contribution in [0.1, 0.15) is 5.56 Å². The van der Waals surface area contributed by atoms with Crippen LogP contribution in [-0.4, -0.2) is 49.8 Å². The molecule has 0 fully saturated rings. The second-order valence-electron chi connectivity index (χ2n) is 6.82. The molecule has 0 N–H and O–H groups in total. The number of nitrogens with zero attached hydrogens (tertiary/aromatic N) is 3. The molecule has 2 heterocycles. The second kappa shape index (κ2) is 9.42. The largest absolute Gasteiger partial charge is 0.454 e. The van der Waals surface area contributed by atoms with Crippen LogP contribution in [-0.2, 0) is 4.79 Å². The van der Waals surface area contributed by atoms with Crippen LogP contribution >= 0.6 is 23.7 Å². The summed E-state index contributed by atoms with van der Waals surface area (Å²) in [5.74, 6) is 0.744. The third-order valence-corrected chi connectivity index (χ3v) is 5.48. The standard InChI is InChI=1S/C21H20FN3O3S.ClH/c1-24(2)10-11-25(21-23-20-15(22)4-3-5-18(20)29-21)19(26)9-7-14-6-8-16-17(12-14)28-13-27-16;/h3-9,12H,10-11,13H2,1-2H3;1H. The van der Waals surface area contributed by atoms with E-state index >= 15 is 0 Å². The summed E-state index contributed by atoms with van der Waals surface area (Å²) in [6.45, 7) is 1.30. The van der Waals surface area contributed by atoms with E-state index in [4.69, 9.17) is 9.47 Å². The molecule has 0 atom stereocenters. The van der Waals surface area contributed by atoms with Crippen LogP contribution in [0.2, 0.25) is 0 Å². The molecule has 9 heteroatoms. The van der Waals surface area contributed by atoms with Crippen LogP contribution in [0.4, 0.5) is 9.52 Å². The highest BCUT2D eigenvalue weighted by Gasteiger charge is 2.19. The molecule has 3 aromatic rings. The zero-order valence-corrected chi connectivity index (χ0v) is 18.1. The highest BCUT2D eigenvalue weighted by atomic mass is 35.5. The van der Waals surface area contributed by atoms with E-state index in [2.05, 4.69) is 4.98 Å². The number of anilines is 1. The number of thiazole rings is 1. The number of amides is 1. The van der Waals surface area contributed by atoms with E-state index in [1.54, 1.807) is 23.1 Å². The van der Waals surface area contributed by atoms with Gasteiger partial charge in [-0.2, -0.15) is 0 Å². The minimum Gasteiger partial charge on any atom is -0.454 e. The number of ether oxygens (including phenoxy) is 2. The summed E-state index contributed by atoms with van der Waals surface area (Å²) in [6, 6.07) is 10.3. The number of hydrogen-bond donors (Lipinski definition) is 0. The molecule has 2 aromatic carbocycles. The molecule has 0 aliphatic carbocycles. The molecule has 1 aliphatic rings. The summed E-state index contributed by atoms with van der Waals surface area (Å²) in [5.41, 5.74) is 1.11. The highest BCUT2D eigenvalue weighted by Crippen LogP contribution is 2.33. The number of hydrogen-bond acceptors (Lipinski definition) is 6. The van der Waals surface area contributed by atoms with Crippen molar-refractivity contribution in [2.45, 2.75) is 0 Å². The SMILES string of the molecule is CN(C)CCN(C(=O)C=Cc1ccc2c(c1)OCO2)c1nc2c(F)cccc2s1.Cl. The van der Waals surface area contributed by atoms with Gasteiger partial charge in [-0.15, -0.1) is 12.4 Å². The van der Waals surface area contributed by atoms with E-state index in [0.29, 0.717) is 34.4 Å². The predicted octanol–water partition coefficient (Wildman–Crippen LogP) is 4.19. The fraction of sp³-hybridized carbons (Fsp3) is 0.238. The van der Waals surface area contributed by atoms with E-state index in [9.17, 15) is 9.18 Å². The Morgan fingerprint density at radius 2 is 2.00 bits per heavy atom. The number of fused-ring (bicyclic) bond motifs is 2. The van der Waals surface area contributed by atoms with Gasteiger partial charge >= 0.3 is 0 Å². The lowest BCUT2D eigenvalue weighted by Gasteiger charge is -2.20. The first-order chi connectivity index (χ1) is 14.0. The Bertz CT molecular complexity index is 1090. The maximum atomic E-state index is 14.1. The predicted molar refractivity (Wildman–Crippen MR) is 119 cm³/mol. The molecule has 0 saturated carbocycles. The average Bonchev–Trinajstić information content (AvgIpc) is 3.33. The molecule has 1 aromatic heterocycles. The lowest BCUT2D eigenvalue weighted by molar-refractivity contribution is -0.114. The van der Waals surface area contributed by atoms with Crippen LogP contribution in [0.3, 0.4) is 0 Å².